The van der Waals surface area contributed by atoms with Gasteiger partial charge in [-0.1, -0.05) is 11.6 Å². The van der Waals surface area contributed by atoms with Gasteiger partial charge in [0.05, 0.1) is 5.69 Å². The van der Waals surface area contributed by atoms with Gasteiger partial charge in [-0.25, -0.2) is 4.98 Å². The maximum Gasteiger partial charge on any atom is 0.255 e. The van der Waals surface area contributed by atoms with E-state index in [2.05, 4.69) is 10.3 Å². The quantitative estimate of drug-likeness (QED) is 0.854. The van der Waals surface area contributed by atoms with Gasteiger partial charge in [-0.3, -0.25) is 9.59 Å². The lowest BCUT2D eigenvalue weighted by molar-refractivity contribution is 0.102. The molecule has 1 amide bonds. The van der Waals surface area contributed by atoms with Crippen molar-refractivity contribution in [2.75, 3.05) is 5.32 Å². The average molecular weight is 278 g/mol. The van der Waals surface area contributed by atoms with Crippen LogP contribution in [0.2, 0.25) is 5.15 Å². The number of hydrogen-bond donors (Lipinski definition) is 1. The van der Waals surface area contributed by atoms with Crippen molar-refractivity contribution in [1.29, 1.82) is 0 Å². The first-order chi connectivity index (χ1) is 8.95. The molecule has 0 aliphatic rings. The lowest BCUT2D eigenvalue weighted by Gasteiger charge is -2.07. The zero-order valence-corrected chi connectivity index (χ0v) is 11.2. The molecule has 0 bridgehead atoms. The number of carbonyl (C=O) groups is 1. The van der Waals surface area contributed by atoms with Crippen molar-refractivity contribution in [2.45, 2.75) is 6.92 Å². The first-order valence-corrected chi connectivity index (χ1v) is 5.96. The van der Waals surface area contributed by atoms with Crippen LogP contribution in [0.1, 0.15) is 16.1 Å². The Kier molecular flexibility index (Phi) is 3.66. The summed E-state index contributed by atoms with van der Waals surface area (Å²) >= 11 is 5.81. The summed E-state index contributed by atoms with van der Waals surface area (Å²) in [5, 5.41) is 2.96. The summed E-state index contributed by atoms with van der Waals surface area (Å²) in [6.45, 7) is 1.76. The van der Waals surface area contributed by atoms with E-state index in [1.54, 1.807) is 32.3 Å². The van der Waals surface area contributed by atoms with Gasteiger partial charge in [0.2, 0.25) is 5.56 Å². The lowest BCUT2D eigenvalue weighted by atomic mass is 10.2. The van der Waals surface area contributed by atoms with Crippen molar-refractivity contribution in [1.82, 2.24) is 9.55 Å². The third-order valence-corrected chi connectivity index (χ3v) is 2.72. The van der Waals surface area contributed by atoms with Gasteiger partial charge >= 0.3 is 0 Å². The first-order valence-electron chi connectivity index (χ1n) is 5.58. The minimum atomic E-state index is -0.300. The smallest absolute Gasteiger partial charge is 0.255 e. The number of carbonyl (C=O) groups excluding carboxylic acids is 1. The Morgan fingerprint density at radius 1 is 1.37 bits per heavy atom. The third kappa shape index (κ3) is 3.20. The number of amides is 1. The van der Waals surface area contributed by atoms with E-state index in [1.165, 1.54) is 16.7 Å². The Morgan fingerprint density at radius 2 is 2.11 bits per heavy atom. The van der Waals surface area contributed by atoms with Crippen LogP contribution in [0.15, 0.2) is 35.3 Å². The molecule has 0 saturated carbocycles. The number of aryl methyl sites for hydroxylation is 2. The van der Waals surface area contributed by atoms with Crippen molar-refractivity contribution in [3.63, 3.8) is 0 Å². The highest BCUT2D eigenvalue weighted by atomic mass is 35.5. The zero-order valence-electron chi connectivity index (χ0n) is 10.5. The van der Waals surface area contributed by atoms with Crippen molar-refractivity contribution >= 4 is 23.2 Å². The molecule has 0 fully saturated rings. The van der Waals surface area contributed by atoms with Gasteiger partial charge in [0.1, 0.15) is 5.15 Å². The minimum absolute atomic E-state index is 0.138. The molecule has 1 N–H and O–H groups in total. The van der Waals surface area contributed by atoms with Gasteiger partial charge in [0, 0.05) is 30.6 Å². The summed E-state index contributed by atoms with van der Waals surface area (Å²) in [5.74, 6) is -0.300. The molecular weight excluding hydrogens is 266 g/mol. The molecule has 0 saturated heterocycles. The second kappa shape index (κ2) is 5.24. The highest BCUT2D eigenvalue weighted by molar-refractivity contribution is 6.29. The topological polar surface area (TPSA) is 64.0 Å². The van der Waals surface area contributed by atoms with Gasteiger partial charge in [-0.05, 0) is 25.1 Å². The van der Waals surface area contributed by atoms with Crippen molar-refractivity contribution in [3.8, 4) is 0 Å². The number of pyridine rings is 2. The number of aromatic nitrogens is 2. The molecule has 5 nitrogen and oxygen atoms in total. The van der Waals surface area contributed by atoms with Crippen molar-refractivity contribution in [3.05, 3.63) is 57.2 Å². The summed E-state index contributed by atoms with van der Waals surface area (Å²) in [6.07, 6.45) is 1.55. The zero-order chi connectivity index (χ0) is 14.0. The number of rotatable bonds is 2. The fraction of sp³-hybridized carbons (Fsp3) is 0.154. The lowest BCUT2D eigenvalue weighted by Crippen LogP contribution is -2.18. The normalized spacial score (nSPS) is 10.3. The monoisotopic (exact) mass is 277 g/mol. The molecule has 19 heavy (non-hydrogen) atoms. The van der Waals surface area contributed by atoms with E-state index in [0.29, 0.717) is 16.9 Å². The second-order valence-corrected chi connectivity index (χ2v) is 4.53. The van der Waals surface area contributed by atoms with Crippen LogP contribution in [-0.2, 0) is 7.05 Å². The Labute approximate surface area is 114 Å². The minimum Gasteiger partial charge on any atom is -0.321 e. The summed E-state index contributed by atoms with van der Waals surface area (Å²) < 4.78 is 1.39. The van der Waals surface area contributed by atoms with Gasteiger partial charge in [-0.15, -0.1) is 0 Å². The molecule has 2 heterocycles. The van der Waals surface area contributed by atoms with Crippen LogP contribution >= 0.6 is 11.6 Å². The van der Waals surface area contributed by atoms with E-state index in [-0.39, 0.29) is 16.6 Å². The van der Waals surface area contributed by atoms with E-state index in [9.17, 15) is 9.59 Å². The summed E-state index contributed by atoms with van der Waals surface area (Å²) in [4.78, 5) is 27.3. The van der Waals surface area contributed by atoms with Gasteiger partial charge in [0.15, 0.2) is 0 Å². The largest absolute Gasteiger partial charge is 0.321 e. The molecule has 0 aromatic carbocycles. The average Bonchev–Trinajstić information content (AvgIpc) is 2.32. The molecule has 0 aliphatic carbocycles. The van der Waals surface area contributed by atoms with E-state index in [0.717, 1.165) is 0 Å². The van der Waals surface area contributed by atoms with Gasteiger partial charge in [-0.2, -0.15) is 0 Å². The van der Waals surface area contributed by atoms with E-state index in [4.69, 9.17) is 11.6 Å². The van der Waals surface area contributed by atoms with Crippen LogP contribution in [-0.4, -0.2) is 15.5 Å². The van der Waals surface area contributed by atoms with Crippen LogP contribution in [0.25, 0.3) is 0 Å². The summed E-state index contributed by atoms with van der Waals surface area (Å²) in [6, 6.07) is 6.07. The molecule has 98 valence electrons. The molecule has 0 unspecified atom stereocenters. The van der Waals surface area contributed by atoms with Crippen LogP contribution < -0.4 is 10.9 Å². The highest BCUT2D eigenvalue weighted by Crippen LogP contribution is 2.12. The highest BCUT2D eigenvalue weighted by Gasteiger charge is 2.08. The number of nitrogens with one attached hydrogen (secondary N) is 1. The molecule has 2 aromatic rings. The van der Waals surface area contributed by atoms with Gasteiger partial charge < -0.3 is 9.88 Å². The molecule has 2 rings (SSSR count). The van der Waals surface area contributed by atoms with E-state index in [1.807, 2.05) is 0 Å². The maximum atomic E-state index is 12.0. The predicted molar refractivity (Wildman–Crippen MR) is 73.6 cm³/mol. The Bertz CT molecular complexity index is 674. The van der Waals surface area contributed by atoms with Crippen LogP contribution in [0.4, 0.5) is 5.69 Å². The molecule has 0 atom stereocenters. The fourth-order valence-electron chi connectivity index (χ4n) is 1.63. The fourth-order valence-corrected chi connectivity index (χ4v) is 1.88. The molecule has 0 radical (unpaired) electrons. The molecule has 2 aromatic heterocycles. The summed E-state index contributed by atoms with van der Waals surface area (Å²) in [5.41, 5.74) is 1.49. The number of nitrogens with zero attached hydrogens (tertiary/aromatic N) is 2. The molecule has 0 spiro atoms. The Morgan fingerprint density at radius 3 is 2.74 bits per heavy atom. The molecule has 0 aliphatic heterocycles. The van der Waals surface area contributed by atoms with E-state index >= 15 is 0 Å². The maximum absolute atomic E-state index is 12.0. The first kappa shape index (κ1) is 13.3. The van der Waals surface area contributed by atoms with Crippen LogP contribution in [0, 0.1) is 6.92 Å². The predicted octanol–water partition coefficient (Wildman–Crippen LogP) is 1.99. The standard InChI is InChI=1S/C13H12ClN3O2/c1-8-5-9(6-11(14)15-8)13(19)16-10-3-4-12(18)17(2)7-10/h3-7H,1-2H3,(H,16,19). The number of anilines is 1. The second-order valence-electron chi connectivity index (χ2n) is 4.14. The van der Waals surface area contributed by atoms with Crippen LogP contribution in [0.5, 0.6) is 0 Å². The number of hydrogen-bond acceptors (Lipinski definition) is 3. The Balaban J connectivity index is 2.25. The number of halogens is 1. The van der Waals surface area contributed by atoms with Crippen molar-refractivity contribution < 1.29 is 4.79 Å². The molecular formula is C13H12ClN3O2. The Hall–Kier alpha value is -2.14. The van der Waals surface area contributed by atoms with Crippen LogP contribution in [0.3, 0.4) is 0 Å². The van der Waals surface area contributed by atoms with E-state index < -0.39 is 0 Å². The third-order valence-electron chi connectivity index (χ3n) is 2.53. The van der Waals surface area contributed by atoms with Gasteiger partial charge in [0.25, 0.3) is 5.91 Å². The SMILES string of the molecule is Cc1cc(C(=O)Nc2ccc(=O)n(C)c2)cc(Cl)n1. The van der Waals surface area contributed by atoms with Crippen molar-refractivity contribution in [2.24, 2.45) is 7.05 Å². The molecule has 6 heteroatoms. The summed E-state index contributed by atoms with van der Waals surface area (Å²) in [7, 11) is 1.62.